The number of imidazole rings is 1. The normalized spacial score (nSPS) is 14.0. The lowest BCUT2D eigenvalue weighted by molar-refractivity contribution is 0.0602. The molecule has 162 valence electrons. The van der Waals surface area contributed by atoms with Crippen LogP contribution in [0.25, 0.3) is 11.2 Å². The van der Waals surface area contributed by atoms with Crippen LogP contribution in [0.4, 0.5) is 10.5 Å². The topological polar surface area (TPSA) is 98.1 Å². The maximum absolute atomic E-state index is 12.5. The van der Waals surface area contributed by atoms with Crippen molar-refractivity contribution in [2.24, 2.45) is 0 Å². The van der Waals surface area contributed by atoms with Gasteiger partial charge in [0.2, 0.25) is 0 Å². The molecule has 8 nitrogen and oxygen atoms in total. The molecule has 0 saturated heterocycles. The number of rotatable bonds is 6. The van der Waals surface area contributed by atoms with Crippen LogP contribution in [0.3, 0.4) is 0 Å². The molecular weight excluding hydrogens is 394 g/mol. The Balaban J connectivity index is 1.44. The molecule has 1 aliphatic carbocycles. The predicted octanol–water partition coefficient (Wildman–Crippen LogP) is 4.01. The molecule has 0 unspecified atom stereocenters. The number of benzene rings is 1. The van der Waals surface area contributed by atoms with Crippen molar-refractivity contribution in [2.75, 3.05) is 19.0 Å². The summed E-state index contributed by atoms with van der Waals surface area (Å²) >= 11 is 0. The highest BCUT2D eigenvalue weighted by Crippen LogP contribution is 2.33. The standard InChI is InChI=1S/C23H27N5O3/c1-15-9-10-17(22(29)31-2)19(14-15)27-23(30)25-13-11-20-26-18-8-5-12-24-21(18)28(20)16-6-3-4-7-16/h5,8-10,12,14,16H,3-4,6-7,11,13H2,1-2H3,(H2,25,27,30). The Morgan fingerprint density at radius 3 is 2.81 bits per heavy atom. The van der Waals surface area contributed by atoms with E-state index in [1.807, 2.05) is 19.1 Å². The second-order valence-electron chi connectivity index (χ2n) is 7.85. The highest BCUT2D eigenvalue weighted by atomic mass is 16.5. The number of hydrogen-bond donors (Lipinski definition) is 2. The van der Waals surface area contributed by atoms with E-state index in [9.17, 15) is 9.59 Å². The first-order valence-corrected chi connectivity index (χ1v) is 10.6. The van der Waals surface area contributed by atoms with Gasteiger partial charge >= 0.3 is 12.0 Å². The molecule has 0 bridgehead atoms. The lowest BCUT2D eigenvalue weighted by Crippen LogP contribution is -2.31. The van der Waals surface area contributed by atoms with E-state index in [0.29, 0.717) is 30.3 Å². The molecule has 4 rings (SSSR count). The second-order valence-corrected chi connectivity index (χ2v) is 7.85. The number of methoxy groups -OCH3 is 1. The van der Waals surface area contributed by atoms with E-state index in [4.69, 9.17) is 9.72 Å². The van der Waals surface area contributed by atoms with E-state index in [0.717, 1.165) is 35.4 Å². The highest BCUT2D eigenvalue weighted by molar-refractivity contribution is 6.00. The van der Waals surface area contributed by atoms with Gasteiger partial charge in [-0.15, -0.1) is 0 Å². The largest absolute Gasteiger partial charge is 0.465 e. The summed E-state index contributed by atoms with van der Waals surface area (Å²) in [6.07, 6.45) is 7.09. The van der Waals surface area contributed by atoms with Crippen molar-refractivity contribution in [3.8, 4) is 0 Å². The summed E-state index contributed by atoms with van der Waals surface area (Å²) in [5.74, 6) is 0.444. The Morgan fingerprint density at radius 1 is 1.23 bits per heavy atom. The fourth-order valence-electron chi connectivity index (χ4n) is 4.20. The minimum Gasteiger partial charge on any atom is -0.465 e. The number of amides is 2. The summed E-state index contributed by atoms with van der Waals surface area (Å²) in [6, 6.07) is 9.10. The van der Waals surface area contributed by atoms with E-state index in [1.54, 1.807) is 24.4 Å². The third-order valence-corrected chi connectivity index (χ3v) is 5.67. The van der Waals surface area contributed by atoms with E-state index in [1.165, 1.54) is 20.0 Å². The zero-order valence-electron chi connectivity index (χ0n) is 17.9. The third kappa shape index (κ3) is 4.52. The minimum absolute atomic E-state index is 0.317. The van der Waals surface area contributed by atoms with E-state index in [-0.39, 0.29) is 6.03 Å². The smallest absolute Gasteiger partial charge is 0.339 e. The van der Waals surface area contributed by atoms with Gasteiger partial charge in [-0.1, -0.05) is 18.9 Å². The molecule has 0 atom stereocenters. The number of urea groups is 1. The number of anilines is 1. The highest BCUT2D eigenvalue weighted by Gasteiger charge is 2.23. The maximum atomic E-state index is 12.5. The van der Waals surface area contributed by atoms with Gasteiger partial charge < -0.3 is 19.9 Å². The Bertz CT molecular complexity index is 1100. The first-order chi connectivity index (χ1) is 15.1. The van der Waals surface area contributed by atoms with Gasteiger partial charge in [-0.25, -0.2) is 19.6 Å². The number of hydrogen-bond acceptors (Lipinski definition) is 5. The zero-order valence-corrected chi connectivity index (χ0v) is 17.9. The molecular formula is C23H27N5O3. The number of esters is 1. The van der Waals surface area contributed by atoms with Crippen LogP contribution in [0.1, 0.15) is 53.5 Å². The number of fused-ring (bicyclic) bond motifs is 1. The molecule has 3 aromatic rings. The SMILES string of the molecule is COC(=O)c1ccc(C)cc1NC(=O)NCCc1nc2cccnc2n1C1CCCC1. The lowest BCUT2D eigenvalue weighted by Gasteiger charge is -2.16. The Hall–Kier alpha value is -3.42. The van der Waals surface area contributed by atoms with Gasteiger partial charge in [0, 0.05) is 25.2 Å². The molecule has 0 spiro atoms. The minimum atomic E-state index is -0.493. The zero-order chi connectivity index (χ0) is 21.8. The average Bonchev–Trinajstić information content (AvgIpc) is 3.40. The van der Waals surface area contributed by atoms with E-state index in [2.05, 4.69) is 20.2 Å². The van der Waals surface area contributed by atoms with Crippen LogP contribution in [-0.2, 0) is 11.2 Å². The van der Waals surface area contributed by atoms with Gasteiger partial charge in [0.1, 0.15) is 11.3 Å². The number of carbonyl (C=O) groups is 2. The molecule has 8 heteroatoms. The average molecular weight is 422 g/mol. The number of nitrogens with zero attached hydrogens (tertiary/aromatic N) is 3. The number of nitrogens with one attached hydrogen (secondary N) is 2. The number of aromatic nitrogens is 3. The van der Waals surface area contributed by atoms with Crippen molar-refractivity contribution in [1.29, 1.82) is 0 Å². The van der Waals surface area contributed by atoms with Crippen molar-refractivity contribution in [3.05, 3.63) is 53.5 Å². The molecule has 2 N–H and O–H groups in total. The Labute approximate surface area is 181 Å². The third-order valence-electron chi connectivity index (χ3n) is 5.67. The predicted molar refractivity (Wildman–Crippen MR) is 118 cm³/mol. The summed E-state index contributed by atoms with van der Waals surface area (Å²) in [6.45, 7) is 2.31. The monoisotopic (exact) mass is 421 g/mol. The van der Waals surface area contributed by atoms with Crippen LogP contribution >= 0.6 is 0 Å². The fourth-order valence-corrected chi connectivity index (χ4v) is 4.20. The number of ether oxygens (including phenoxy) is 1. The number of pyridine rings is 1. The van der Waals surface area contributed by atoms with Crippen LogP contribution < -0.4 is 10.6 Å². The summed E-state index contributed by atoms with van der Waals surface area (Å²) in [4.78, 5) is 33.8. The number of carbonyl (C=O) groups excluding carboxylic acids is 2. The van der Waals surface area contributed by atoms with E-state index < -0.39 is 5.97 Å². The fraction of sp³-hybridized carbons (Fsp3) is 0.391. The number of aryl methyl sites for hydroxylation is 1. The lowest BCUT2D eigenvalue weighted by atomic mass is 10.1. The molecule has 1 aromatic carbocycles. The van der Waals surface area contributed by atoms with Crippen LogP contribution in [0.2, 0.25) is 0 Å². The summed E-state index contributed by atoms with van der Waals surface area (Å²) in [5, 5.41) is 5.63. The first-order valence-electron chi connectivity index (χ1n) is 10.6. The van der Waals surface area contributed by atoms with Crippen LogP contribution in [0.15, 0.2) is 36.5 Å². The van der Waals surface area contributed by atoms with Crippen molar-refractivity contribution in [1.82, 2.24) is 19.9 Å². The maximum Gasteiger partial charge on any atom is 0.339 e. The second kappa shape index (κ2) is 9.16. The Morgan fingerprint density at radius 2 is 2.03 bits per heavy atom. The van der Waals surface area contributed by atoms with Crippen molar-refractivity contribution in [2.45, 2.75) is 45.1 Å². The molecule has 1 aliphatic rings. The first kappa shape index (κ1) is 20.8. The van der Waals surface area contributed by atoms with Gasteiger partial charge in [-0.3, -0.25) is 0 Å². The molecule has 2 amide bonds. The van der Waals surface area contributed by atoms with Crippen molar-refractivity contribution in [3.63, 3.8) is 0 Å². The molecule has 1 saturated carbocycles. The molecule has 1 fully saturated rings. The molecule has 2 aromatic heterocycles. The van der Waals surface area contributed by atoms with Crippen LogP contribution in [0.5, 0.6) is 0 Å². The van der Waals surface area contributed by atoms with Gasteiger partial charge in [0.15, 0.2) is 5.65 Å². The van der Waals surface area contributed by atoms with Gasteiger partial charge in [-0.05, 0) is 49.6 Å². The molecule has 0 radical (unpaired) electrons. The summed E-state index contributed by atoms with van der Waals surface area (Å²) < 4.78 is 7.05. The quantitative estimate of drug-likeness (QED) is 0.586. The molecule has 31 heavy (non-hydrogen) atoms. The summed E-state index contributed by atoms with van der Waals surface area (Å²) in [5.41, 5.74) is 3.47. The van der Waals surface area contributed by atoms with E-state index >= 15 is 0 Å². The molecule has 2 heterocycles. The van der Waals surface area contributed by atoms with Crippen molar-refractivity contribution < 1.29 is 14.3 Å². The Kier molecular flexibility index (Phi) is 6.16. The van der Waals surface area contributed by atoms with Gasteiger partial charge in [-0.2, -0.15) is 0 Å². The van der Waals surface area contributed by atoms with Crippen molar-refractivity contribution >= 4 is 28.9 Å². The van der Waals surface area contributed by atoms with Gasteiger partial charge in [0.25, 0.3) is 0 Å². The van der Waals surface area contributed by atoms with Crippen LogP contribution in [-0.4, -0.2) is 40.2 Å². The molecule has 0 aliphatic heterocycles. The summed E-state index contributed by atoms with van der Waals surface area (Å²) in [7, 11) is 1.32. The van der Waals surface area contributed by atoms with Crippen LogP contribution in [0, 0.1) is 6.92 Å². The van der Waals surface area contributed by atoms with Gasteiger partial charge in [0.05, 0.1) is 18.4 Å².